The highest BCUT2D eigenvalue weighted by atomic mass is 35.5. The highest BCUT2D eigenvalue weighted by molar-refractivity contribution is 7.16. The molecule has 1 N–H and O–H groups in total. The van der Waals surface area contributed by atoms with Crippen molar-refractivity contribution in [1.82, 2.24) is 5.32 Å². The van der Waals surface area contributed by atoms with E-state index in [1.807, 2.05) is 0 Å². The van der Waals surface area contributed by atoms with E-state index in [0.29, 0.717) is 12.0 Å². The van der Waals surface area contributed by atoms with Gasteiger partial charge in [0, 0.05) is 17.5 Å². The molecular formula is C17H20ClNS. The zero-order valence-corrected chi connectivity index (χ0v) is 13.5. The lowest BCUT2D eigenvalue weighted by atomic mass is 10.0. The summed E-state index contributed by atoms with van der Waals surface area (Å²) in [6, 6.07) is 11.6. The van der Waals surface area contributed by atoms with Crippen molar-refractivity contribution in [2.75, 3.05) is 0 Å². The third-order valence-electron chi connectivity index (χ3n) is 4.05. The largest absolute Gasteiger partial charge is 0.306 e. The second kappa shape index (κ2) is 5.88. The van der Waals surface area contributed by atoms with E-state index in [1.54, 1.807) is 11.3 Å². The molecule has 1 unspecified atom stereocenters. The van der Waals surface area contributed by atoms with E-state index in [4.69, 9.17) is 11.6 Å². The number of fused-ring (bicyclic) bond motifs is 1. The maximum Gasteiger partial charge on any atom is 0.0934 e. The van der Waals surface area contributed by atoms with E-state index < -0.39 is 0 Å². The lowest BCUT2D eigenvalue weighted by Gasteiger charge is -2.13. The molecule has 1 atom stereocenters. The Morgan fingerprint density at radius 1 is 1.30 bits per heavy atom. The first-order valence-electron chi connectivity index (χ1n) is 7.24. The van der Waals surface area contributed by atoms with Crippen LogP contribution in [0.15, 0.2) is 30.3 Å². The van der Waals surface area contributed by atoms with Crippen molar-refractivity contribution < 1.29 is 0 Å². The summed E-state index contributed by atoms with van der Waals surface area (Å²) in [6.45, 7) is 5.39. The number of benzene rings is 1. The van der Waals surface area contributed by atoms with Crippen LogP contribution in [-0.2, 0) is 13.0 Å². The molecule has 0 bridgehead atoms. The Morgan fingerprint density at radius 3 is 2.75 bits per heavy atom. The Morgan fingerprint density at radius 2 is 2.05 bits per heavy atom. The van der Waals surface area contributed by atoms with Crippen LogP contribution in [-0.4, -0.2) is 0 Å². The standard InChI is InChI=1S/C17H20ClNS/c1-11(2)13-5-3-12(4-6-13)10-19-15-7-8-16-14(15)9-17(18)20-16/h3-6,9,11,15,19H,7-8,10H2,1-2H3. The van der Waals surface area contributed by atoms with Crippen LogP contribution in [0.1, 0.15) is 53.8 Å². The van der Waals surface area contributed by atoms with Gasteiger partial charge in [-0.1, -0.05) is 49.7 Å². The van der Waals surface area contributed by atoms with Gasteiger partial charge in [0.15, 0.2) is 0 Å². The van der Waals surface area contributed by atoms with Gasteiger partial charge in [-0.15, -0.1) is 11.3 Å². The Bertz CT molecular complexity index is 586. The molecule has 0 aliphatic heterocycles. The zero-order valence-electron chi connectivity index (χ0n) is 11.9. The first-order valence-corrected chi connectivity index (χ1v) is 8.43. The second-order valence-electron chi connectivity index (χ2n) is 5.80. The first kappa shape index (κ1) is 14.1. The Kier molecular flexibility index (Phi) is 4.16. The smallest absolute Gasteiger partial charge is 0.0934 e. The lowest BCUT2D eigenvalue weighted by Crippen LogP contribution is -2.18. The van der Waals surface area contributed by atoms with E-state index in [0.717, 1.165) is 17.3 Å². The summed E-state index contributed by atoms with van der Waals surface area (Å²) in [4.78, 5) is 1.46. The highest BCUT2D eigenvalue weighted by Gasteiger charge is 2.24. The number of nitrogens with one attached hydrogen (secondary N) is 1. The fourth-order valence-electron chi connectivity index (χ4n) is 2.80. The second-order valence-corrected chi connectivity index (χ2v) is 7.57. The van der Waals surface area contributed by atoms with Gasteiger partial charge >= 0.3 is 0 Å². The van der Waals surface area contributed by atoms with Crippen LogP contribution < -0.4 is 5.32 Å². The summed E-state index contributed by atoms with van der Waals surface area (Å²) in [5, 5.41) is 3.66. The van der Waals surface area contributed by atoms with Gasteiger partial charge in [0.2, 0.25) is 0 Å². The molecular weight excluding hydrogens is 286 g/mol. The van der Waals surface area contributed by atoms with Gasteiger partial charge in [-0.2, -0.15) is 0 Å². The molecule has 106 valence electrons. The molecule has 1 aromatic carbocycles. The molecule has 0 saturated heterocycles. The minimum Gasteiger partial charge on any atom is -0.306 e. The van der Waals surface area contributed by atoms with E-state index in [2.05, 4.69) is 49.5 Å². The monoisotopic (exact) mass is 305 g/mol. The van der Waals surface area contributed by atoms with E-state index >= 15 is 0 Å². The van der Waals surface area contributed by atoms with Gasteiger partial charge in [0.05, 0.1) is 4.34 Å². The molecule has 0 radical (unpaired) electrons. The van der Waals surface area contributed by atoms with Crippen molar-refractivity contribution in [1.29, 1.82) is 0 Å². The molecule has 0 spiro atoms. The van der Waals surface area contributed by atoms with Gasteiger partial charge in [0.1, 0.15) is 0 Å². The Labute approximate surface area is 130 Å². The van der Waals surface area contributed by atoms with Crippen molar-refractivity contribution in [3.63, 3.8) is 0 Å². The van der Waals surface area contributed by atoms with Gasteiger partial charge in [-0.05, 0) is 41.5 Å². The summed E-state index contributed by atoms with van der Waals surface area (Å²) in [5.41, 5.74) is 4.17. The molecule has 1 aliphatic rings. The molecule has 1 aliphatic carbocycles. The van der Waals surface area contributed by atoms with Crippen LogP contribution in [0.25, 0.3) is 0 Å². The van der Waals surface area contributed by atoms with E-state index in [9.17, 15) is 0 Å². The van der Waals surface area contributed by atoms with Gasteiger partial charge in [0.25, 0.3) is 0 Å². The summed E-state index contributed by atoms with van der Waals surface area (Å²) in [6.07, 6.45) is 2.36. The Hall–Kier alpha value is -0.830. The number of rotatable bonds is 4. The van der Waals surface area contributed by atoms with Crippen LogP contribution in [0.3, 0.4) is 0 Å². The zero-order chi connectivity index (χ0) is 14.1. The molecule has 0 fully saturated rings. The molecule has 0 amide bonds. The van der Waals surface area contributed by atoms with Crippen LogP contribution in [0.2, 0.25) is 4.34 Å². The van der Waals surface area contributed by atoms with Crippen molar-refractivity contribution in [2.45, 2.75) is 45.2 Å². The minimum atomic E-state index is 0.471. The quantitative estimate of drug-likeness (QED) is 0.808. The Balaban J connectivity index is 1.63. The molecule has 0 saturated carbocycles. The molecule has 1 aromatic heterocycles. The van der Waals surface area contributed by atoms with Crippen LogP contribution in [0, 0.1) is 0 Å². The summed E-state index contributed by atoms with van der Waals surface area (Å²) >= 11 is 7.83. The normalized spacial score (nSPS) is 17.7. The number of hydrogen-bond donors (Lipinski definition) is 1. The topological polar surface area (TPSA) is 12.0 Å². The van der Waals surface area contributed by atoms with Gasteiger partial charge in [-0.25, -0.2) is 0 Å². The predicted molar refractivity (Wildman–Crippen MR) is 87.8 cm³/mol. The molecule has 1 nitrogen and oxygen atoms in total. The summed E-state index contributed by atoms with van der Waals surface area (Å²) in [5.74, 6) is 0.599. The van der Waals surface area contributed by atoms with Crippen LogP contribution in [0.5, 0.6) is 0 Å². The van der Waals surface area contributed by atoms with Crippen LogP contribution in [0.4, 0.5) is 0 Å². The lowest BCUT2D eigenvalue weighted by molar-refractivity contribution is 0.530. The third-order valence-corrected chi connectivity index (χ3v) is 5.39. The van der Waals surface area contributed by atoms with Crippen LogP contribution >= 0.6 is 22.9 Å². The molecule has 3 rings (SSSR count). The average Bonchev–Trinajstić information content (AvgIpc) is 2.96. The van der Waals surface area contributed by atoms with E-state index in [1.165, 1.54) is 28.0 Å². The summed E-state index contributed by atoms with van der Waals surface area (Å²) in [7, 11) is 0. The SMILES string of the molecule is CC(C)c1ccc(CNC2CCc3sc(Cl)cc32)cc1. The van der Waals surface area contributed by atoms with Gasteiger partial charge < -0.3 is 5.32 Å². The number of halogens is 1. The van der Waals surface area contributed by atoms with Crippen molar-refractivity contribution in [3.8, 4) is 0 Å². The number of thiophene rings is 1. The molecule has 1 heterocycles. The number of aryl methyl sites for hydroxylation is 1. The van der Waals surface area contributed by atoms with Crippen molar-refractivity contribution in [2.24, 2.45) is 0 Å². The summed E-state index contributed by atoms with van der Waals surface area (Å²) < 4.78 is 0.919. The minimum absolute atomic E-state index is 0.471. The molecule has 20 heavy (non-hydrogen) atoms. The maximum atomic E-state index is 6.10. The third kappa shape index (κ3) is 2.93. The molecule has 3 heteroatoms. The fourth-order valence-corrected chi connectivity index (χ4v) is 4.16. The first-order chi connectivity index (χ1) is 9.63. The van der Waals surface area contributed by atoms with Crippen molar-refractivity contribution >= 4 is 22.9 Å². The molecule has 2 aromatic rings. The van der Waals surface area contributed by atoms with Crippen molar-refractivity contribution in [3.05, 3.63) is 56.2 Å². The number of hydrogen-bond acceptors (Lipinski definition) is 2. The predicted octanol–water partition coefficient (Wildman–Crippen LogP) is 5.30. The van der Waals surface area contributed by atoms with Gasteiger partial charge in [-0.3, -0.25) is 0 Å². The average molecular weight is 306 g/mol. The highest BCUT2D eigenvalue weighted by Crippen LogP contribution is 2.39. The fraction of sp³-hybridized carbons (Fsp3) is 0.412. The van der Waals surface area contributed by atoms with E-state index in [-0.39, 0.29) is 0 Å². The maximum absolute atomic E-state index is 6.10.